The fourth-order valence-corrected chi connectivity index (χ4v) is 5.53. The molecule has 0 fully saturated rings. The number of rotatable bonds is 3. The summed E-state index contributed by atoms with van der Waals surface area (Å²) < 4.78 is 137. The van der Waals surface area contributed by atoms with Gasteiger partial charge < -0.3 is 4.74 Å². The lowest BCUT2D eigenvalue weighted by atomic mass is 9.91. The highest BCUT2D eigenvalue weighted by Gasteiger charge is 2.38. The second-order valence-corrected chi connectivity index (χ2v) is 10.1. The lowest BCUT2D eigenvalue weighted by Crippen LogP contribution is -2.18. The van der Waals surface area contributed by atoms with Crippen LogP contribution in [0.15, 0.2) is 30.0 Å². The molecule has 7 nitrogen and oxygen atoms in total. The van der Waals surface area contributed by atoms with Crippen LogP contribution in [0, 0.1) is 95.5 Å². The molecule has 1 aliphatic rings. The molecule has 242 valence electrons. The fraction of sp³-hybridized carbons (Fsp3) is 0.0588. The smallest absolute Gasteiger partial charge is 0.405 e. The van der Waals surface area contributed by atoms with Gasteiger partial charge in [-0.3, -0.25) is 0 Å². The zero-order valence-corrected chi connectivity index (χ0v) is 24.3. The van der Waals surface area contributed by atoms with E-state index in [9.17, 15) is 37.7 Å². The number of hydrogen-bond donors (Lipinski definition) is 0. The van der Waals surface area contributed by atoms with Gasteiger partial charge in [0.25, 0.3) is 17.1 Å². The van der Waals surface area contributed by atoms with Gasteiger partial charge in [-0.2, -0.15) is 10.5 Å². The normalized spacial score (nSPS) is 12.3. The van der Waals surface area contributed by atoms with E-state index in [-0.39, 0.29) is 27.8 Å². The molecule has 16 heteroatoms. The minimum atomic E-state index is -5.57. The summed E-state index contributed by atoms with van der Waals surface area (Å²) in [6, 6.07) is 7.09. The number of allylic oxidation sites excluding steroid dienone is 1. The van der Waals surface area contributed by atoms with Gasteiger partial charge in [0, 0.05) is 22.3 Å². The van der Waals surface area contributed by atoms with Gasteiger partial charge in [-0.25, -0.2) is 46.1 Å². The third-order valence-corrected chi connectivity index (χ3v) is 7.57. The number of halogens is 9. The van der Waals surface area contributed by atoms with Crippen molar-refractivity contribution >= 4 is 16.9 Å². The van der Waals surface area contributed by atoms with Crippen LogP contribution in [0.2, 0.25) is 0 Å². The first-order valence-electron chi connectivity index (χ1n) is 13.2. The number of aryl methyl sites for hydroxylation is 1. The van der Waals surface area contributed by atoms with E-state index in [1.54, 1.807) is 6.07 Å². The Labute approximate surface area is 274 Å². The number of fused-ring (bicyclic) bond motifs is 3. The van der Waals surface area contributed by atoms with E-state index in [2.05, 4.69) is 19.3 Å². The Hall–Kier alpha value is -7.27. The van der Waals surface area contributed by atoms with Gasteiger partial charge in [-0.05, 0) is 58.5 Å². The molecule has 0 aliphatic heterocycles. The van der Waals surface area contributed by atoms with Crippen molar-refractivity contribution in [3.8, 4) is 57.3 Å². The van der Waals surface area contributed by atoms with Crippen LogP contribution in [0.5, 0.6) is 5.75 Å². The Morgan fingerprint density at radius 3 is 1.52 bits per heavy atom. The first-order chi connectivity index (χ1) is 23.6. The molecule has 4 aromatic rings. The zero-order chi connectivity index (χ0) is 37.0. The number of nitrogens with zero attached hydrogens (tertiary/aromatic N) is 6. The minimum Gasteiger partial charge on any atom is -0.405 e. The van der Waals surface area contributed by atoms with Gasteiger partial charge in [-0.1, -0.05) is 6.07 Å². The molecule has 0 heterocycles. The van der Waals surface area contributed by atoms with Gasteiger partial charge in [-0.15, -0.1) is 13.2 Å². The molecule has 0 saturated heterocycles. The topological polar surface area (TPSA) is 93.7 Å². The maximum Gasteiger partial charge on any atom is 0.573 e. The quantitative estimate of drug-likeness (QED) is 0.107. The summed E-state index contributed by atoms with van der Waals surface area (Å²) in [5.41, 5.74) is -12.2. The van der Waals surface area contributed by atoms with E-state index < -0.39 is 103 Å². The summed E-state index contributed by atoms with van der Waals surface area (Å²) in [6.45, 7) is 23.0. The third-order valence-electron chi connectivity index (χ3n) is 7.57. The standard InChI is InChI=1S/C34H7F9N6O/c1-12-5-16-14(6-13(12)24-26(35)19(9-44)28(37)32(48-3)30(24)39)15-7-18(25-27(36)20(10-45)29(38)33(49-4)31(25)40)22(50-34(41,42)43)8-17(15)23(16)21(11-46)47-2/h5-8H,1H3/b23-21+. The molecule has 0 aromatic heterocycles. The van der Waals surface area contributed by atoms with Gasteiger partial charge in [0.1, 0.15) is 40.6 Å². The van der Waals surface area contributed by atoms with E-state index >= 15 is 17.6 Å². The summed E-state index contributed by atoms with van der Waals surface area (Å²) in [7, 11) is 0. The van der Waals surface area contributed by atoms with Gasteiger partial charge in [0.05, 0.1) is 25.8 Å². The van der Waals surface area contributed by atoms with E-state index in [0.29, 0.717) is 12.1 Å². The highest BCUT2D eigenvalue weighted by atomic mass is 19.4. The highest BCUT2D eigenvalue weighted by Crippen LogP contribution is 2.53. The van der Waals surface area contributed by atoms with Crippen molar-refractivity contribution < 1.29 is 44.3 Å². The Balaban J connectivity index is 2.00. The Morgan fingerprint density at radius 2 is 1.10 bits per heavy atom. The van der Waals surface area contributed by atoms with E-state index in [0.717, 1.165) is 18.2 Å². The van der Waals surface area contributed by atoms with Crippen molar-refractivity contribution in [2.24, 2.45) is 0 Å². The second kappa shape index (κ2) is 12.1. The van der Waals surface area contributed by atoms with E-state index in [1.165, 1.54) is 13.0 Å². The Kier molecular flexibility index (Phi) is 8.23. The summed E-state index contributed by atoms with van der Waals surface area (Å²) >= 11 is 0. The van der Waals surface area contributed by atoms with Crippen molar-refractivity contribution in [1.82, 2.24) is 0 Å². The average molecular weight is 686 g/mol. The average Bonchev–Trinajstić information content (AvgIpc) is 3.33. The predicted molar refractivity (Wildman–Crippen MR) is 154 cm³/mol. The highest BCUT2D eigenvalue weighted by molar-refractivity contribution is 6.06. The van der Waals surface area contributed by atoms with Crippen LogP contribution < -0.4 is 4.74 Å². The molecule has 0 saturated carbocycles. The van der Waals surface area contributed by atoms with Crippen LogP contribution >= 0.6 is 0 Å². The van der Waals surface area contributed by atoms with Gasteiger partial charge >= 0.3 is 6.36 Å². The van der Waals surface area contributed by atoms with Crippen molar-refractivity contribution in [1.29, 1.82) is 15.8 Å². The Bertz CT molecular complexity index is 2450. The molecular weight excluding hydrogens is 679 g/mol. The number of hydrogen-bond acceptors (Lipinski definition) is 4. The number of nitriles is 3. The van der Waals surface area contributed by atoms with Crippen LogP contribution in [0.1, 0.15) is 27.8 Å². The molecular formula is C34H7F9N6O. The van der Waals surface area contributed by atoms with Crippen molar-refractivity contribution in [3.63, 3.8) is 0 Å². The second-order valence-electron chi connectivity index (χ2n) is 10.1. The number of alkyl halides is 3. The number of benzene rings is 4. The first-order valence-corrected chi connectivity index (χ1v) is 13.2. The van der Waals surface area contributed by atoms with Crippen LogP contribution in [-0.4, -0.2) is 6.36 Å². The van der Waals surface area contributed by atoms with E-state index in [4.69, 9.17) is 19.7 Å². The molecule has 4 aromatic carbocycles. The van der Waals surface area contributed by atoms with Crippen LogP contribution in [-0.2, 0) is 0 Å². The monoisotopic (exact) mass is 686 g/mol. The Morgan fingerprint density at radius 1 is 0.640 bits per heavy atom. The van der Waals surface area contributed by atoms with Gasteiger partial charge in [0.2, 0.25) is 0 Å². The molecule has 0 bridgehead atoms. The van der Waals surface area contributed by atoms with Gasteiger partial charge in [0.15, 0.2) is 23.3 Å². The van der Waals surface area contributed by atoms with Crippen molar-refractivity contribution in [3.05, 3.63) is 127 Å². The molecule has 0 N–H and O–H groups in total. The minimum absolute atomic E-state index is 0.0801. The van der Waals surface area contributed by atoms with Crippen LogP contribution in [0.3, 0.4) is 0 Å². The fourth-order valence-electron chi connectivity index (χ4n) is 5.53. The zero-order valence-electron chi connectivity index (χ0n) is 24.3. The molecule has 5 rings (SSSR count). The molecule has 0 amide bonds. The lowest BCUT2D eigenvalue weighted by molar-refractivity contribution is -0.274. The van der Waals surface area contributed by atoms with Crippen LogP contribution in [0.25, 0.3) is 53.5 Å². The summed E-state index contributed by atoms with van der Waals surface area (Å²) in [5, 5.41) is 28.4. The number of ether oxygens (including phenoxy) is 1. The summed E-state index contributed by atoms with van der Waals surface area (Å²) in [6.07, 6.45) is -5.57. The molecule has 1 aliphatic carbocycles. The molecule has 0 spiro atoms. The maximum atomic E-state index is 15.6. The van der Waals surface area contributed by atoms with Crippen LogP contribution in [0.4, 0.5) is 50.9 Å². The summed E-state index contributed by atoms with van der Waals surface area (Å²) in [5.74, 6) is -12.6. The molecule has 0 unspecified atom stereocenters. The maximum absolute atomic E-state index is 15.6. The molecule has 0 radical (unpaired) electrons. The first kappa shape index (κ1) is 34.1. The third kappa shape index (κ3) is 4.97. The molecule has 0 atom stereocenters. The van der Waals surface area contributed by atoms with Crippen molar-refractivity contribution in [2.75, 3.05) is 0 Å². The largest absolute Gasteiger partial charge is 0.573 e. The molecule has 50 heavy (non-hydrogen) atoms. The SMILES string of the molecule is [C-]#[N+]/C(C#N)=C1\c2cc(C)c(-c3c(F)c(C#N)c(F)c([N+]#[C-])c3F)cc2-c2cc(-c3c(F)c(C#N)c(F)c([N+]#[C-])c3F)c(OC(F)(F)F)cc21. The lowest BCUT2D eigenvalue weighted by Gasteiger charge is -2.18. The van der Waals surface area contributed by atoms with Crippen molar-refractivity contribution in [2.45, 2.75) is 13.3 Å². The summed E-state index contributed by atoms with van der Waals surface area (Å²) in [4.78, 5) is 8.37. The van der Waals surface area contributed by atoms with E-state index in [1.807, 2.05) is 0 Å². The predicted octanol–water partition coefficient (Wildman–Crippen LogP) is 10.1.